The number of aromatic nitrogens is 2. The number of hydrogen-bond acceptors (Lipinski definition) is 7. The van der Waals surface area contributed by atoms with Crippen LogP contribution in [-0.4, -0.2) is 43.5 Å². The summed E-state index contributed by atoms with van der Waals surface area (Å²) in [7, 11) is -3.38. The number of carbonyl (C=O) groups excluding carboxylic acids is 1. The second kappa shape index (κ2) is 7.65. The number of alkyl carbamates (subject to hydrolysis) is 1. The Bertz CT molecular complexity index is 1020. The minimum atomic E-state index is -3.38. The SMILES string of the molecule is CC(C)NC(=O)O[C@@H]1CO[C@H](c2cc(Nc3ccc4c(c3)CNS4(=O)=O)n[nH]2)C1. The number of aromatic amines is 1. The third kappa shape index (κ3) is 4.36. The number of rotatable bonds is 5. The molecular weight excluding hydrogens is 398 g/mol. The summed E-state index contributed by atoms with van der Waals surface area (Å²) in [5.41, 5.74) is 2.22. The van der Waals surface area contributed by atoms with E-state index in [9.17, 15) is 13.2 Å². The summed E-state index contributed by atoms with van der Waals surface area (Å²) in [5.74, 6) is 0.583. The minimum Gasteiger partial charge on any atom is -0.444 e. The molecule has 4 N–H and O–H groups in total. The van der Waals surface area contributed by atoms with Gasteiger partial charge in [0.2, 0.25) is 10.0 Å². The zero-order valence-electron chi connectivity index (χ0n) is 16.1. The van der Waals surface area contributed by atoms with Crippen LogP contribution in [-0.2, 0) is 26.0 Å². The Labute approximate surface area is 168 Å². The molecule has 0 aliphatic carbocycles. The van der Waals surface area contributed by atoms with Gasteiger partial charge in [-0.15, -0.1) is 0 Å². The molecule has 156 valence electrons. The van der Waals surface area contributed by atoms with Gasteiger partial charge in [-0.2, -0.15) is 5.10 Å². The van der Waals surface area contributed by atoms with E-state index in [2.05, 4.69) is 25.6 Å². The molecule has 2 aliphatic rings. The molecule has 10 nitrogen and oxygen atoms in total. The minimum absolute atomic E-state index is 0.0111. The summed E-state index contributed by atoms with van der Waals surface area (Å²) in [6.45, 7) is 4.33. The maximum absolute atomic E-state index is 11.8. The fourth-order valence-electron chi connectivity index (χ4n) is 3.34. The van der Waals surface area contributed by atoms with Gasteiger partial charge in [-0.1, -0.05) is 0 Å². The van der Waals surface area contributed by atoms with Crippen LogP contribution in [0, 0.1) is 0 Å². The van der Waals surface area contributed by atoms with Crippen molar-refractivity contribution in [2.45, 2.75) is 50.0 Å². The van der Waals surface area contributed by atoms with Gasteiger partial charge in [-0.25, -0.2) is 17.9 Å². The predicted octanol–water partition coefficient (Wildman–Crippen LogP) is 1.91. The summed E-state index contributed by atoms with van der Waals surface area (Å²) >= 11 is 0. The lowest BCUT2D eigenvalue weighted by molar-refractivity contribution is 0.0682. The second-order valence-electron chi connectivity index (χ2n) is 7.36. The average molecular weight is 421 g/mol. The van der Waals surface area contributed by atoms with Crippen molar-refractivity contribution in [2.75, 3.05) is 11.9 Å². The summed E-state index contributed by atoms with van der Waals surface area (Å²) in [6, 6.07) is 6.89. The van der Waals surface area contributed by atoms with Crippen LogP contribution >= 0.6 is 0 Å². The van der Waals surface area contributed by atoms with Crippen LogP contribution in [0.4, 0.5) is 16.3 Å². The zero-order chi connectivity index (χ0) is 20.6. The van der Waals surface area contributed by atoms with Gasteiger partial charge in [0.25, 0.3) is 0 Å². The Hall–Kier alpha value is -2.63. The molecule has 2 aromatic rings. The molecule has 0 spiro atoms. The van der Waals surface area contributed by atoms with Crippen molar-refractivity contribution in [3.63, 3.8) is 0 Å². The average Bonchev–Trinajstić information content (AvgIpc) is 3.34. The van der Waals surface area contributed by atoms with Gasteiger partial charge in [0.1, 0.15) is 12.2 Å². The first kappa shape index (κ1) is 19.7. The Balaban J connectivity index is 1.37. The number of fused-ring (bicyclic) bond motifs is 1. The van der Waals surface area contributed by atoms with Gasteiger partial charge in [0, 0.05) is 30.8 Å². The third-order valence-corrected chi connectivity index (χ3v) is 6.16. The molecule has 3 heterocycles. The second-order valence-corrected chi connectivity index (χ2v) is 9.10. The fraction of sp³-hybridized carbons (Fsp3) is 0.444. The monoisotopic (exact) mass is 421 g/mol. The quantitative estimate of drug-likeness (QED) is 0.579. The molecule has 1 aromatic heterocycles. The predicted molar refractivity (Wildman–Crippen MR) is 104 cm³/mol. The molecule has 0 saturated carbocycles. The van der Waals surface area contributed by atoms with Gasteiger partial charge in [-0.05, 0) is 37.6 Å². The largest absolute Gasteiger partial charge is 0.444 e. The highest BCUT2D eigenvalue weighted by molar-refractivity contribution is 7.89. The Kier molecular flexibility index (Phi) is 5.19. The number of nitrogens with zero attached hydrogens (tertiary/aromatic N) is 1. The lowest BCUT2D eigenvalue weighted by atomic mass is 10.1. The first-order valence-corrected chi connectivity index (χ1v) is 10.8. The van der Waals surface area contributed by atoms with Crippen LogP contribution < -0.4 is 15.4 Å². The molecule has 2 atom stereocenters. The van der Waals surface area contributed by atoms with Gasteiger partial charge < -0.3 is 20.1 Å². The Morgan fingerprint density at radius 2 is 2.17 bits per heavy atom. The van der Waals surface area contributed by atoms with Crippen molar-refractivity contribution >= 4 is 27.6 Å². The van der Waals surface area contributed by atoms with Crippen molar-refractivity contribution in [1.29, 1.82) is 0 Å². The van der Waals surface area contributed by atoms with E-state index >= 15 is 0 Å². The van der Waals surface area contributed by atoms with Crippen molar-refractivity contribution in [3.05, 3.63) is 35.5 Å². The van der Waals surface area contributed by atoms with E-state index in [1.165, 1.54) is 0 Å². The number of hydrogen-bond donors (Lipinski definition) is 4. The lowest BCUT2D eigenvalue weighted by Crippen LogP contribution is -2.33. The van der Waals surface area contributed by atoms with Gasteiger partial charge in [-0.3, -0.25) is 5.10 Å². The molecule has 1 amide bonds. The highest BCUT2D eigenvalue weighted by Gasteiger charge is 2.31. The van der Waals surface area contributed by atoms with Crippen LogP contribution in [0.1, 0.15) is 37.6 Å². The number of anilines is 2. The summed E-state index contributed by atoms with van der Waals surface area (Å²) in [4.78, 5) is 12.0. The number of H-pyrrole nitrogens is 1. The van der Waals surface area contributed by atoms with Crippen LogP contribution in [0.5, 0.6) is 0 Å². The molecule has 29 heavy (non-hydrogen) atoms. The summed E-state index contributed by atoms with van der Waals surface area (Å²) < 4.78 is 37.2. The van der Waals surface area contributed by atoms with Crippen molar-refractivity contribution in [2.24, 2.45) is 0 Å². The van der Waals surface area contributed by atoms with Crippen LogP contribution in [0.15, 0.2) is 29.2 Å². The molecule has 1 aromatic carbocycles. The highest BCUT2D eigenvalue weighted by Crippen LogP contribution is 2.31. The number of amides is 1. The molecular formula is C18H23N5O5S. The normalized spacial score (nSPS) is 22.4. The fourth-order valence-corrected chi connectivity index (χ4v) is 4.56. The maximum Gasteiger partial charge on any atom is 0.407 e. The smallest absolute Gasteiger partial charge is 0.407 e. The molecule has 2 aliphatic heterocycles. The van der Waals surface area contributed by atoms with E-state index in [-0.39, 0.29) is 24.8 Å². The first-order chi connectivity index (χ1) is 13.8. The van der Waals surface area contributed by atoms with E-state index < -0.39 is 16.1 Å². The van der Waals surface area contributed by atoms with E-state index in [0.717, 1.165) is 11.4 Å². The zero-order valence-corrected chi connectivity index (χ0v) is 16.9. The first-order valence-electron chi connectivity index (χ1n) is 9.34. The molecule has 1 saturated heterocycles. The number of ether oxygens (including phenoxy) is 2. The number of sulfonamides is 1. The van der Waals surface area contributed by atoms with E-state index in [0.29, 0.717) is 29.3 Å². The van der Waals surface area contributed by atoms with Gasteiger partial charge >= 0.3 is 6.09 Å². The van der Waals surface area contributed by atoms with Crippen LogP contribution in [0.3, 0.4) is 0 Å². The van der Waals surface area contributed by atoms with E-state index in [4.69, 9.17) is 9.47 Å². The molecule has 4 rings (SSSR count). The standard InChI is InChI=1S/C18H23N5O5S/c1-10(2)20-18(24)28-13-6-15(27-9-13)14-7-17(23-22-14)21-12-3-4-16-11(5-12)8-19-29(16,25)26/h3-5,7,10,13,15,19H,6,8-9H2,1-2H3,(H,20,24)(H2,21,22,23)/t13-,15-/m0/s1. The highest BCUT2D eigenvalue weighted by atomic mass is 32.2. The Morgan fingerprint density at radius 3 is 2.97 bits per heavy atom. The Morgan fingerprint density at radius 1 is 1.34 bits per heavy atom. The van der Waals surface area contributed by atoms with Gasteiger partial charge in [0.15, 0.2) is 5.82 Å². The summed E-state index contributed by atoms with van der Waals surface area (Å²) in [6.07, 6.45) is -0.474. The summed E-state index contributed by atoms with van der Waals surface area (Å²) in [5, 5.41) is 13.0. The third-order valence-electron chi connectivity index (χ3n) is 4.66. The topological polar surface area (TPSA) is 134 Å². The van der Waals surface area contributed by atoms with Crippen molar-refractivity contribution in [3.8, 4) is 0 Å². The number of benzene rings is 1. The van der Waals surface area contributed by atoms with Crippen LogP contribution in [0.25, 0.3) is 0 Å². The van der Waals surface area contributed by atoms with Crippen LogP contribution in [0.2, 0.25) is 0 Å². The molecule has 0 bridgehead atoms. The van der Waals surface area contributed by atoms with E-state index in [1.54, 1.807) is 18.2 Å². The number of nitrogens with one attached hydrogen (secondary N) is 4. The number of carbonyl (C=O) groups is 1. The van der Waals surface area contributed by atoms with E-state index in [1.807, 2.05) is 19.9 Å². The molecule has 11 heteroatoms. The molecule has 1 fully saturated rings. The van der Waals surface area contributed by atoms with Crippen molar-refractivity contribution < 1.29 is 22.7 Å². The molecule has 0 radical (unpaired) electrons. The molecule has 0 unspecified atom stereocenters. The lowest BCUT2D eigenvalue weighted by Gasteiger charge is -2.13. The van der Waals surface area contributed by atoms with Gasteiger partial charge in [0.05, 0.1) is 17.2 Å². The maximum atomic E-state index is 11.8. The van der Waals surface area contributed by atoms with Crippen molar-refractivity contribution in [1.82, 2.24) is 20.2 Å².